The normalized spacial score (nSPS) is 12.0. The molecule has 0 N–H and O–H groups in total. The quantitative estimate of drug-likeness (QED) is 0.535. The van der Waals surface area contributed by atoms with E-state index >= 15 is 0 Å². The zero-order valence-corrected chi connectivity index (χ0v) is 16.0. The highest BCUT2D eigenvalue weighted by atomic mass is 32.1. The summed E-state index contributed by atoms with van der Waals surface area (Å²) in [6.45, 7) is 4.69. The molecule has 0 bridgehead atoms. The first kappa shape index (κ1) is 17.4. The first-order valence-corrected chi connectivity index (χ1v) is 9.73. The molecule has 2 aromatic heterocycles. The van der Waals surface area contributed by atoms with Crippen molar-refractivity contribution in [3.63, 3.8) is 0 Å². The average Bonchev–Trinajstić information content (AvgIpc) is 3.23. The molecule has 0 amide bonds. The SMILES string of the molecule is CCOc1ccc(-c2nc3s/c(=C/c4ccc(CC)cc4)c(=O)n3n2)cc1. The molecule has 0 saturated heterocycles. The summed E-state index contributed by atoms with van der Waals surface area (Å²) < 4.78 is 7.46. The predicted octanol–water partition coefficient (Wildman–Crippen LogP) is 3.33. The van der Waals surface area contributed by atoms with Crippen LogP contribution in [0.25, 0.3) is 22.4 Å². The molecular formula is C21H19N3O2S. The first-order chi connectivity index (χ1) is 13.2. The van der Waals surface area contributed by atoms with Crippen LogP contribution in [0.1, 0.15) is 25.0 Å². The van der Waals surface area contributed by atoms with Crippen molar-refractivity contribution >= 4 is 22.4 Å². The largest absolute Gasteiger partial charge is 0.494 e. The molecule has 0 unspecified atom stereocenters. The van der Waals surface area contributed by atoms with Crippen LogP contribution < -0.4 is 14.8 Å². The number of thiazole rings is 1. The third kappa shape index (κ3) is 3.48. The van der Waals surface area contributed by atoms with Crippen LogP contribution in [0.5, 0.6) is 5.75 Å². The van der Waals surface area contributed by atoms with Gasteiger partial charge >= 0.3 is 0 Å². The summed E-state index contributed by atoms with van der Waals surface area (Å²) in [7, 11) is 0. The number of nitrogens with zero attached hydrogens (tertiary/aromatic N) is 3. The van der Waals surface area contributed by atoms with E-state index in [4.69, 9.17) is 4.74 Å². The monoisotopic (exact) mass is 377 g/mol. The number of hydrogen-bond acceptors (Lipinski definition) is 5. The Hall–Kier alpha value is -2.99. The van der Waals surface area contributed by atoms with Crippen LogP contribution in [0.15, 0.2) is 53.3 Å². The van der Waals surface area contributed by atoms with Gasteiger partial charge in [-0.2, -0.15) is 9.50 Å². The average molecular weight is 377 g/mol. The lowest BCUT2D eigenvalue weighted by Crippen LogP contribution is -2.23. The van der Waals surface area contributed by atoms with Gasteiger partial charge in [0.1, 0.15) is 5.75 Å². The van der Waals surface area contributed by atoms with Gasteiger partial charge in [0.25, 0.3) is 5.56 Å². The predicted molar refractivity (Wildman–Crippen MR) is 108 cm³/mol. The van der Waals surface area contributed by atoms with E-state index in [-0.39, 0.29) is 5.56 Å². The van der Waals surface area contributed by atoms with Crippen LogP contribution in [0.2, 0.25) is 0 Å². The molecule has 0 saturated carbocycles. The van der Waals surface area contributed by atoms with Gasteiger partial charge in [0, 0.05) is 5.56 Å². The van der Waals surface area contributed by atoms with E-state index in [0.29, 0.717) is 21.9 Å². The van der Waals surface area contributed by atoms with Crippen LogP contribution in [0.3, 0.4) is 0 Å². The van der Waals surface area contributed by atoms with E-state index in [9.17, 15) is 4.79 Å². The maximum absolute atomic E-state index is 12.7. The number of fused-ring (bicyclic) bond motifs is 1. The van der Waals surface area contributed by atoms with Crippen LogP contribution in [-0.2, 0) is 6.42 Å². The van der Waals surface area contributed by atoms with Crippen molar-refractivity contribution in [1.29, 1.82) is 0 Å². The van der Waals surface area contributed by atoms with Crippen molar-refractivity contribution in [3.8, 4) is 17.1 Å². The van der Waals surface area contributed by atoms with Crippen molar-refractivity contribution in [1.82, 2.24) is 14.6 Å². The highest BCUT2D eigenvalue weighted by Crippen LogP contribution is 2.20. The second kappa shape index (κ2) is 7.32. The third-order valence-electron chi connectivity index (χ3n) is 4.29. The van der Waals surface area contributed by atoms with Crippen LogP contribution in [-0.4, -0.2) is 21.2 Å². The summed E-state index contributed by atoms with van der Waals surface area (Å²) in [5.41, 5.74) is 2.99. The van der Waals surface area contributed by atoms with Gasteiger partial charge in [0.15, 0.2) is 5.82 Å². The van der Waals surface area contributed by atoms with E-state index in [1.165, 1.54) is 21.4 Å². The van der Waals surface area contributed by atoms with Gasteiger partial charge in [0.05, 0.1) is 11.1 Å². The summed E-state index contributed by atoms with van der Waals surface area (Å²) in [6, 6.07) is 15.8. The van der Waals surface area contributed by atoms with E-state index < -0.39 is 0 Å². The number of benzene rings is 2. The Kier molecular flexibility index (Phi) is 4.73. The summed E-state index contributed by atoms with van der Waals surface area (Å²) in [4.78, 5) is 17.8. The second-order valence-corrected chi connectivity index (χ2v) is 7.11. The molecule has 0 aliphatic heterocycles. The Labute approximate surface area is 160 Å². The molecule has 2 heterocycles. The highest BCUT2D eigenvalue weighted by Gasteiger charge is 2.12. The molecule has 0 atom stereocenters. The molecule has 0 spiro atoms. The lowest BCUT2D eigenvalue weighted by molar-refractivity contribution is 0.340. The molecular weight excluding hydrogens is 358 g/mol. The van der Waals surface area contributed by atoms with Gasteiger partial charge in [-0.3, -0.25) is 4.79 Å². The van der Waals surface area contributed by atoms with Crippen molar-refractivity contribution in [2.75, 3.05) is 6.61 Å². The van der Waals surface area contributed by atoms with Gasteiger partial charge in [-0.05, 0) is 54.8 Å². The molecule has 136 valence electrons. The smallest absolute Gasteiger partial charge is 0.291 e. The summed E-state index contributed by atoms with van der Waals surface area (Å²) >= 11 is 1.35. The second-order valence-electron chi connectivity index (χ2n) is 6.10. The Balaban J connectivity index is 1.68. The van der Waals surface area contributed by atoms with E-state index in [2.05, 4.69) is 29.1 Å². The highest BCUT2D eigenvalue weighted by molar-refractivity contribution is 7.15. The van der Waals surface area contributed by atoms with E-state index in [1.54, 1.807) is 0 Å². The fourth-order valence-electron chi connectivity index (χ4n) is 2.82. The molecule has 27 heavy (non-hydrogen) atoms. The minimum atomic E-state index is -0.140. The molecule has 5 nitrogen and oxygen atoms in total. The van der Waals surface area contributed by atoms with Gasteiger partial charge < -0.3 is 4.74 Å². The zero-order chi connectivity index (χ0) is 18.8. The van der Waals surface area contributed by atoms with E-state index in [1.807, 2.05) is 49.4 Å². The van der Waals surface area contributed by atoms with Crippen molar-refractivity contribution < 1.29 is 4.74 Å². The lowest BCUT2D eigenvalue weighted by atomic mass is 10.1. The summed E-state index contributed by atoms with van der Waals surface area (Å²) in [6.07, 6.45) is 2.89. The third-order valence-corrected chi connectivity index (χ3v) is 5.25. The number of rotatable bonds is 5. The molecule has 0 radical (unpaired) electrons. The molecule has 0 aliphatic carbocycles. The van der Waals surface area contributed by atoms with Crippen molar-refractivity contribution in [2.45, 2.75) is 20.3 Å². The first-order valence-electron chi connectivity index (χ1n) is 8.91. The van der Waals surface area contributed by atoms with Gasteiger partial charge in [-0.1, -0.05) is 42.5 Å². The molecule has 0 aliphatic rings. The minimum Gasteiger partial charge on any atom is -0.494 e. The molecule has 4 aromatic rings. The van der Waals surface area contributed by atoms with Gasteiger partial charge in [-0.15, -0.1) is 5.10 Å². The van der Waals surface area contributed by atoms with Crippen LogP contribution in [0.4, 0.5) is 0 Å². The number of aryl methyl sites for hydroxylation is 1. The Bertz CT molecular complexity index is 1180. The Morgan fingerprint density at radius 3 is 2.44 bits per heavy atom. The van der Waals surface area contributed by atoms with Crippen molar-refractivity contribution in [2.24, 2.45) is 0 Å². The van der Waals surface area contributed by atoms with Crippen LogP contribution >= 0.6 is 11.3 Å². The van der Waals surface area contributed by atoms with Gasteiger partial charge in [0.2, 0.25) is 4.96 Å². The maximum Gasteiger partial charge on any atom is 0.291 e. The summed E-state index contributed by atoms with van der Waals surface area (Å²) in [5.74, 6) is 1.35. The summed E-state index contributed by atoms with van der Waals surface area (Å²) in [5, 5.41) is 4.39. The Morgan fingerprint density at radius 1 is 1.07 bits per heavy atom. The number of hydrogen-bond donors (Lipinski definition) is 0. The van der Waals surface area contributed by atoms with Crippen molar-refractivity contribution in [3.05, 3.63) is 74.5 Å². The van der Waals surface area contributed by atoms with Crippen LogP contribution in [0, 0.1) is 0 Å². The standard InChI is InChI=1S/C21H19N3O2S/c1-3-14-5-7-15(8-6-14)13-18-20(25)24-21(27-18)22-19(23-24)16-9-11-17(12-10-16)26-4-2/h5-13H,3-4H2,1-2H3/b18-13+. The molecule has 6 heteroatoms. The number of aromatic nitrogens is 3. The topological polar surface area (TPSA) is 56.5 Å². The zero-order valence-electron chi connectivity index (χ0n) is 15.2. The Morgan fingerprint density at radius 2 is 1.81 bits per heavy atom. The number of ether oxygens (including phenoxy) is 1. The van der Waals surface area contributed by atoms with Gasteiger partial charge in [-0.25, -0.2) is 0 Å². The molecule has 2 aromatic carbocycles. The fourth-order valence-corrected chi connectivity index (χ4v) is 3.73. The van der Waals surface area contributed by atoms with E-state index in [0.717, 1.165) is 23.3 Å². The lowest BCUT2D eigenvalue weighted by Gasteiger charge is -2.02. The maximum atomic E-state index is 12.7. The fraction of sp³-hybridized carbons (Fsp3) is 0.190. The molecule has 4 rings (SSSR count). The minimum absolute atomic E-state index is 0.140. The molecule has 0 fully saturated rings.